The molecule has 15 heavy (non-hydrogen) atoms. The molecule has 2 aromatic rings. The van der Waals surface area contributed by atoms with Crippen LogP contribution in [0.4, 0.5) is 0 Å². The number of hydrogen-bond acceptors (Lipinski definition) is 2. The Hall–Kier alpha value is -1.04. The molecule has 0 aliphatic heterocycles. The molecular formula is C12H12N2Re. The standard InChI is InChI=1S/C12H12N2.Re/c1-9-3-5-13-11(7-9)12-8-10(2)4-6-14-12;/h3-8H,1-2H3;. The van der Waals surface area contributed by atoms with Crippen LogP contribution in [0.25, 0.3) is 11.4 Å². The molecule has 0 saturated carbocycles. The molecule has 2 nitrogen and oxygen atoms in total. The molecule has 0 aliphatic carbocycles. The predicted octanol–water partition coefficient (Wildman–Crippen LogP) is 2.76. The van der Waals surface area contributed by atoms with Crippen molar-refractivity contribution in [1.82, 2.24) is 9.97 Å². The summed E-state index contributed by atoms with van der Waals surface area (Å²) >= 11 is 0. The number of aromatic nitrogens is 2. The van der Waals surface area contributed by atoms with Crippen LogP contribution in [0.3, 0.4) is 0 Å². The van der Waals surface area contributed by atoms with E-state index >= 15 is 0 Å². The molecule has 0 N–H and O–H groups in total. The molecule has 0 saturated heterocycles. The number of rotatable bonds is 1. The molecule has 0 aromatic carbocycles. The molecule has 1 radical (unpaired) electrons. The molecule has 2 aromatic heterocycles. The SMILES string of the molecule is Cc1ccnc(-c2cc(C)ccn2)c1.[Re]. The third-order valence-corrected chi connectivity index (χ3v) is 2.09. The zero-order valence-corrected chi connectivity index (χ0v) is 11.5. The van der Waals surface area contributed by atoms with Crippen LogP contribution in [0, 0.1) is 13.8 Å². The monoisotopic (exact) mass is 371 g/mol. The second-order valence-corrected chi connectivity index (χ2v) is 3.44. The number of pyridine rings is 2. The van der Waals surface area contributed by atoms with Gasteiger partial charge in [0.05, 0.1) is 11.4 Å². The summed E-state index contributed by atoms with van der Waals surface area (Å²) in [5.74, 6) is 0. The molecule has 0 spiro atoms. The van der Waals surface area contributed by atoms with Crippen molar-refractivity contribution in [2.45, 2.75) is 13.8 Å². The van der Waals surface area contributed by atoms with Crippen molar-refractivity contribution in [2.75, 3.05) is 0 Å². The van der Waals surface area contributed by atoms with Crippen LogP contribution in [0.1, 0.15) is 11.1 Å². The molecule has 0 atom stereocenters. The molecule has 0 fully saturated rings. The molecule has 77 valence electrons. The normalized spacial score (nSPS) is 9.47. The Morgan fingerprint density at radius 1 is 0.800 bits per heavy atom. The molecule has 0 unspecified atom stereocenters. The van der Waals surface area contributed by atoms with Crippen molar-refractivity contribution >= 4 is 0 Å². The largest absolute Gasteiger partial charge is 0.255 e. The van der Waals surface area contributed by atoms with Crippen LogP contribution in [0.5, 0.6) is 0 Å². The summed E-state index contributed by atoms with van der Waals surface area (Å²) in [5.41, 5.74) is 4.29. The predicted molar refractivity (Wildman–Crippen MR) is 56.9 cm³/mol. The smallest absolute Gasteiger partial charge is 0.0888 e. The van der Waals surface area contributed by atoms with Gasteiger partial charge >= 0.3 is 0 Å². The van der Waals surface area contributed by atoms with Crippen LogP contribution >= 0.6 is 0 Å². The topological polar surface area (TPSA) is 25.8 Å². The first-order valence-electron chi connectivity index (χ1n) is 4.61. The summed E-state index contributed by atoms with van der Waals surface area (Å²) < 4.78 is 0. The van der Waals surface area contributed by atoms with E-state index in [-0.39, 0.29) is 20.4 Å². The van der Waals surface area contributed by atoms with E-state index in [0.29, 0.717) is 0 Å². The average Bonchev–Trinajstić information content (AvgIpc) is 2.18. The van der Waals surface area contributed by atoms with E-state index in [1.165, 1.54) is 11.1 Å². The van der Waals surface area contributed by atoms with Crippen LogP contribution in [0.2, 0.25) is 0 Å². The van der Waals surface area contributed by atoms with Gasteiger partial charge in [-0.15, -0.1) is 0 Å². The van der Waals surface area contributed by atoms with Crippen molar-refractivity contribution < 1.29 is 20.4 Å². The maximum Gasteiger partial charge on any atom is 0.0888 e. The van der Waals surface area contributed by atoms with Gasteiger partial charge in [0.1, 0.15) is 0 Å². The summed E-state index contributed by atoms with van der Waals surface area (Å²) in [6.45, 7) is 4.11. The summed E-state index contributed by atoms with van der Waals surface area (Å²) in [7, 11) is 0. The van der Waals surface area contributed by atoms with Crippen molar-refractivity contribution in [1.29, 1.82) is 0 Å². The fourth-order valence-corrected chi connectivity index (χ4v) is 1.35. The van der Waals surface area contributed by atoms with Gasteiger partial charge in [-0.05, 0) is 49.2 Å². The van der Waals surface area contributed by atoms with Crippen molar-refractivity contribution in [3.8, 4) is 11.4 Å². The Balaban J connectivity index is 0.00000112. The molecular weight excluding hydrogens is 358 g/mol. The van der Waals surface area contributed by atoms with Gasteiger partial charge in [0.15, 0.2) is 0 Å². The first-order chi connectivity index (χ1) is 6.75. The van der Waals surface area contributed by atoms with Crippen molar-refractivity contribution in [2.24, 2.45) is 0 Å². The minimum Gasteiger partial charge on any atom is -0.255 e. The van der Waals surface area contributed by atoms with Gasteiger partial charge in [0.25, 0.3) is 0 Å². The Labute approximate surface area is 103 Å². The van der Waals surface area contributed by atoms with E-state index in [4.69, 9.17) is 0 Å². The van der Waals surface area contributed by atoms with Crippen LogP contribution in [-0.2, 0) is 20.4 Å². The van der Waals surface area contributed by atoms with Crippen molar-refractivity contribution in [3.05, 3.63) is 47.8 Å². The summed E-state index contributed by atoms with van der Waals surface area (Å²) in [6, 6.07) is 8.06. The van der Waals surface area contributed by atoms with Gasteiger partial charge in [-0.1, -0.05) is 0 Å². The summed E-state index contributed by atoms with van der Waals surface area (Å²) in [5, 5.41) is 0. The Morgan fingerprint density at radius 3 is 1.53 bits per heavy atom. The Kier molecular flexibility index (Phi) is 4.14. The molecule has 0 aliphatic rings. The third kappa shape index (κ3) is 2.95. The van der Waals surface area contributed by atoms with Crippen LogP contribution in [0.15, 0.2) is 36.7 Å². The zero-order valence-electron chi connectivity index (χ0n) is 8.74. The fourth-order valence-electron chi connectivity index (χ4n) is 1.35. The molecule has 3 heteroatoms. The van der Waals surface area contributed by atoms with E-state index in [1.807, 2.05) is 36.7 Å². The number of hydrogen-bond donors (Lipinski definition) is 0. The quantitative estimate of drug-likeness (QED) is 0.772. The van der Waals surface area contributed by atoms with Gasteiger partial charge in [-0.2, -0.15) is 0 Å². The van der Waals surface area contributed by atoms with E-state index in [1.54, 1.807) is 0 Å². The first-order valence-corrected chi connectivity index (χ1v) is 4.61. The zero-order chi connectivity index (χ0) is 9.97. The minimum atomic E-state index is 0. The maximum absolute atomic E-state index is 4.29. The minimum absolute atomic E-state index is 0. The second kappa shape index (κ2) is 5.16. The van der Waals surface area contributed by atoms with Crippen LogP contribution < -0.4 is 0 Å². The third-order valence-electron chi connectivity index (χ3n) is 2.09. The van der Waals surface area contributed by atoms with E-state index < -0.39 is 0 Å². The Morgan fingerprint density at radius 2 is 1.20 bits per heavy atom. The number of nitrogens with zero attached hydrogens (tertiary/aromatic N) is 2. The van der Waals surface area contributed by atoms with E-state index in [9.17, 15) is 0 Å². The molecule has 0 bridgehead atoms. The molecule has 0 amide bonds. The fraction of sp³-hybridized carbons (Fsp3) is 0.167. The summed E-state index contributed by atoms with van der Waals surface area (Å²) in [6.07, 6.45) is 3.63. The average molecular weight is 370 g/mol. The Bertz CT molecular complexity index is 411. The van der Waals surface area contributed by atoms with Gasteiger partial charge in [0, 0.05) is 32.8 Å². The number of aryl methyl sites for hydroxylation is 2. The van der Waals surface area contributed by atoms with Gasteiger partial charge in [0.2, 0.25) is 0 Å². The second-order valence-electron chi connectivity index (χ2n) is 3.44. The van der Waals surface area contributed by atoms with Gasteiger partial charge in [-0.3, -0.25) is 9.97 Å². The van der Waals surface area contributed by atoms with Crippen molar-refractivity contribution in [3.63, 3.8) is 0 Å². The molecule has 2 rings (SSSR count). The van der Waals surface area contributed by atoms with Crippen LogP contribution in [-0.4, -0.2) is 9.97 Å². The van der Waals surface area contributed by atoms with E-state index in [0.717, 1.165) is 11.4 Å². The van der Waals surface area contributed by atoms with Gasteiger partial charge in [-0.25, -0.2) is 0 Å². The van der Waals surface area contributed by atoms with E-state index in [2.05, 4.69) is 23.8 Å². The molecule has 2 heterocycles. The van der Waals surface area contributed by atoms with Gasteiger partial charge < -0.3 is 0 Å². The maximum atomic E-state index is 4.29. The first kappa shape index (κ1) is 12.0. The summed E-state index contributed by atoms with van der Waals surface area (Å²) in [4.78, 5) is 8.58.